The molecule has 0 spiro atoms. The Morgan fingerprint density at radius 1 is 1.28 bits per heavy atom. The first kappa shape index (κ1) is 16.7. The molecule has 2 heterocycles. The van der Waals surface area contributed by atoms with Gasteiger partial charge in [0.1, 0.15) is 5.82 Å². The molecular formula is C17H19N5O3. The average molecular weight is 341 g/mol. The molecule has 3 rings (SSSR count). The third-order valence-corrected chi connectivity index (χ3v) is 3.98. The van der Waals surface area contributed by atoms with Crippen LogP contribution in [0.25, 0.3) is 11.0 Å². The van der Waals surface area contributed by atoms with Crippen LogP contribution in [0.2, 0.25) is 0 Å². The lowest BCUT2D eigenvalue weighted by atomic mass is 10.2. The summed E-state index contributed by atoms with van der Waals surface area (Å²) in [5.74, 6) is 0.355. The summed E-state index contributed by atoms with van der Waals surface area (Å²) in [6, 6.07) is 5.62. The molecule has 8 nitrogen and oxygen atoms in total. The Morgan fingerprint density at radius 3 is 2.80 bits per heavy atom. The fraction of sp³-hybridized carbons (Fsp3) is 0.294. The quantitative estimate of drug-likeness (QED) is 0.554. The summed E-state index contributed by atoms with van der Waals surface area (Å²) < 4.78 is 0. The fourth-order valence-corrected chi connectivity index (χ4v) is 2.66. The van der Waals surface area contributed by atoms with E-state index in [0.29, 0.717) is 12.2 Å². The zero-order valence-corrected chi connectivity index (χ0v) is 14.0. The highest BCUT2D eigenvalue weighted by Gasteiger charge is 2.17. The van der Waals surface area contributed by atoms with E-state index in [-0.39, 0.29) is 23.9 Å². The highest BCUT2D eigenvalue weighted by atomic mass is 16.2. The Labute approximate surface area is 142 Å². The van der Waals surface area contributed by atoms with Gasteiger partial charge in [-0.25, -0.2) is 9.78 Å². The molecule has 1 atom stereocenters. The minimum atomic E-state index is -0.599. The first-order valence-corrected chi connectivity index (χ1v) is 8.02. The molecule has 0 aliphatic rings. The molecule has 0 bridgehead atoms. The minimum Gasteiger partial charge on any atom is -0.346 e. The van der Waals surface area contributed by atoms with Crippen LogP contribution in [-0.2, 0) is 11.2 Å². The number of hydrogen-bond acceptors (Lipinski definition) is 4. The van der Waals surface area contributed by atoms with Crippen molar-refractivity contribution in [1.29, 1.82) is 0 Å². The number of nitrogens with zero attached hydrogens (tertiary/aromatic N) is 1. The SMILES string of the molecule is CC[C@@H](NC(=O)Cc1c[nH]c(=O)[nH]c1=O)c1nc2ccc(C)cc2[nH]1. The monoisotopic (exact) mass is 341 g/mol. The summed E-state index contributed by atoms with van der Waals surface area (Å²) in [5.41, 5.74) is 1.92. The number of aryl methyl sites for hydroxylation is 1. The van der Waals surface area contributed by atoms with E-state index in [0.717, 1.165) is 16.6 Å². The summed E-state index contributed by atoms with van der Waals surface area (Å²) in [4.78, 5) is 47.2. The smallest absolute Gasteiger partial charge is 0.325 e. The molecule has 1 amide bonds. The van der Waals surface area contributed by atoms with Gasteiger partial charge in [0.2, 0.25) is 5.91 Å². The van der Waals surface area contributed by atoms with Crippen molar-refractivity contribution in [3.63, 3.8) is 0 Å². The number of rotatable bonds is 5. The highest BCUT2D eigenvalue weighted by molar-refractivity contribution is 5.79. The van der Waals surface area contributed by atoms with E-state index in [1.54, 1.807) is 0 Å². The number of H-pyrrole nitrogens is 3. The predicted molar refractivity (Wildman–Crippen MR) is 93.4 cm³/mol. The zero-order valence-electron chi connectivity index (χ0n) is 14.0. The van der Waals surface area contributed by atoms with Gasteiger partial charge in [-0.3, -0.25) is 14.6 Å². The van der Waals surface area contributed by atoms with E-state index >= 15 is 0 Å². The Morgan fingerprint density at radius 2 is 2.08 bits per heavy atom. The molecule has 0 aliphatic heterocycles. The normalized spacial score (nSPS) is 12.2. The van der Waals surface area contributed by atoms with Gasteiger partial charge in [0.25, 0.3) is 5.56 Å². The predicted octanol–water partition coefficient (Wildman–Crippen LogP) is 1.06. The lowest BCUT2D eigenvalue weighted by Gasteiger charge is -2.14. The minimum absolute atomic E-state index is 0.123. The molecule has 25 heavy (non-hydrogen) atoms. The number of hydrogen-bond donors (Lipinski definition) is 4. The number of aromatic nitrogens is 4. The van der Waals surface area contributed by atoms with E-state index in [4.69, 9.17) is 0 Å². The van der Waals surface area contributed by atoms with Gasteiger partial charge in [-0.2, -0.15) is 0 Å². The maximum Gasteiger partial charge on any atom is 0.325 e. The molecule has 0 fully saturated rings. The lowest BCUT2D eigenvalue weighted by molar-refractivity contribution is -0.121. The molecule has 3 aromatic rings. The number of fused-ring (bicyclic) bond motifs is 1. The number of benzene rings is 1. The first-order chi connectivity index (χ1) is 12.0. The third kappa shape index (κ3) is 3.68. The van der Waals surface area contributed by atoms with Gasteiger partial charge >= 0.3 is 5.69 Å². The van der Waals surface area contributed by atoms with Crippen LogP contribution in [0.4, 0.5) is 0 Å². The summed E-state index contributed by atoms with van der Waals surface area (Å²) in [6.45, 7) is 3.94. The standard InChI is InChI=1S/C17H19N5O3/c1-3-11(15-20-12-5-4-9(2)6-13(12)21-15)19-14(23)7-10-8-18-17(25)22-16(10)24/h4-6,8,11H,3,7H2,1-2H3,(H,19,23)(H,20,21)(H2,18,22,24,25)/t11-/m1/s1. The molecule has 4 N–H and O–H groups in total. The van der Waals surface area contributed by atoms with Crippen LogP contribution in [0.3, 0.4) is 0 Å². The molecule has 0 unspecified atom stereocenters. The van der Waals surface area contributed by atoms with Crippen LogP contribution < -0.4 is 16.6 Å². The van der Waals surface area contributed by atoms with Crippen molar-refractivity contribution in [1.82, 2.24) is 25.3 Å². The topological polar surface area (TPSA) is 124 Å². The van der Waals surface area contributed by atoms with Crippen LogP contribution >= 0.6 is 0 Å². The van der Waals surface area contributed by atoms with Crippen molar-refractivity contribution in [3.05, 3.63) is 62.2 Å². The fourth-order valence-electron chi connectivity index (χ4n) is 2.66. The van der Waals surface area contributed by atoms with Gasteiger partial charge in [0.15, 0.2) is 0 Å². The first-order valence-electron chi connectivity index (χ1n) is 8.02. The van der Waals surface area contributed by atoms with E-state index in [1.165, 1.54) is 6.20 Å². The molecule has 0 saturated heterocycles. The molecular weight excluding hydrogens is 322 g/mol. The summed E-state index contributed by atoms with van der Waals surface area (Å²) in [5, 5.41) is 2.87. The maximum absolute atomic E-state index is 12.3. The molecule has 0 saturated carbocycles. The second-order valence-electron chi connectivity index (χ2n) is 5.94. The Bertz CT molecular complexity index is 1030. The van der Waals surface area contributed by atoms with Gasteiger partial charge in [-0.15, -0.1) is 0 Å². The summed E-state index contributed by atoms with van der Waals surface area (Å²) >= 11 is 0. The molecule has 0 radical (unpaired) electrons. The maximum atomic E-state index is 12.3. The molecule has 0 aliphatic carbocycles. The van der Waals surface area contributed by atoms with Crippen LogP contribution in [-0.4, -0.2) is 25.8 Å². The van der Waals surface area contributed by atoms with Gasteiger partial charge in [0, 0.05) is 11.8 Å². The molecule has 2 aromatic heterocycles. The van der Waals surface area contributed by atoms with Gasteiger partial charge < -0.3 is 15.3 Å². The van der Waals surface area contributed by atoms with E-state index in [1.807, 2.05) is 32.0 Å². The van der Waals surface area contributed by atoms with E-state index in [2.05, 4.69) is 25.3 Å². The Kier molecular flexibility index (Phi) is 4.51. The summed E-state index contributed by atoms with van der Waals surface area (Å²) in [6.07, 6.45) is 1.78. The summed E-state index contributed by atoms with van der Waals surface area (Å²) in [7, 11) is 0. The van der Waals surface area contributed by atoms with Crippen LogP contribution in [0.1, 0.15) is 36.3 Å². The number of carbonyl (C=O) groups is 1. The lowest BCUT2D eigenvalue weighted by Crippen LogP contribution is -2.33. The number of aromatic amines is 3. The van der Waals surface area contributed by atoms with Gasteiger partial charge in [-0.05, 0) is 31.0 Å². The van der Waals surface area contributed by atoms with Crippen molar-refractivity contribution in [2.45, 2.75) is 32.7 Å². The van der Waals surface area contributed by atoms with Crippen molar-refractivity contribution in [3.8, 4) is 0 Å². The van der Waals surface area contributed by atoms with E-state index in [9.17, 15) is 14.4 Å². The second-order valence-corrected chi connectivity index (χ2v) is 5.94. The number of nitrogens with one attached hydrogen (secondary N) is 4. The van der Waals surface area contributed by atoms with Crippen LogP contribution in [0.5, 0.6) is 0 Å². The van der Waals surface area contributed by atoms with Gasteiger partial charge in [-0.1, -0.05) is 13.0 Å². The van der Waals surface area contributed by atoms with Gasteiger partial charge in [0.05, 0.1) is 23.5 Å². The zero-order chi connectivity index (χ0) is 18.0. The van der Waals surface area contributed by atoms with Crippen molar-refractivity contribution < 1.29 is 4.79 Å². The third-order valence-electron chi connectivity index (χ3n) is 3.98. The Balaban J connectivity index is 1.77. The van der Waals surface area contributed by atoms with Crippen LogP contribution in [0.15, 0.2) is 34.0 Å². The molecule has 130 valence electrons. The number of imidazole rings is 1. The number of amides is 1. The highest BCUT2D eigenvalue weighted by Crippen LogP contribution is 2.19. The molecule has 1 aromatic carbocycles. The Hall–Kier alpha value is -3.16. The molecule has 8 heteroatoms. The number of carbonyl (C=O) groups excluding carboxylic acids is 1. The van der Waals surface area contributed by atoms with Crippen molar-refractivity contribution in [2.75, 3.05) is 0 Å². The average Bonchev–Trinajstić information content (AvgIpc) is 2.98. The van der Waals surface area contributed by atoms with Crippen LogP contribution in [0, 0.1) is 6.92 Å². The largest absolute Gasteiger partial charge is 0.346 e. The van der Waals surface area contributed by atoms with Crippen molar-refractivity contribution >= 4 is 16.9 Å². The van der Waals surface area contributed by atoms with E-state index < -0.39 is 11.2 Å². The van der Waals surface area contributed by atoms with Crippen molar-refractivity contribution in [2.24, 2.45) is 0 Å². The second kappa shape index (κ2) is 6.76.